The Morgan fingerprint density at radius 3 is 2.33 bits per heavy atom. The van der Waals surface area contributed by atoms with Crippen LogP contribution in [0.15, 0.2) is 72.8 Å². The van der Waals surface area contributed by atoms with E-state index in [1.165, 1.54) is 0 Å². The fraction of sp³-hybridized carbons (Fsp3) is 0.136. The summed E-state index contributed by atoms with van der Waals surface area (Å²) >= 11 is 0. The quantitative estimate of drug-likeness (QED) is 0.586. The summed E-state index contributed by atoms with van der Waals surface area (Å²) < 4.78 is 6.05. The highest BCUT2D eigenvalue weighted by atomic mass is 16.5. The summed E-state index contributed by atoms with van der Waals surface area (Å²) in [4.78, 5) is 11.7. The highest BCUT2D eigenvalue weighted by molar-refractivity contribution is 5.95. The molecular formula is C22H20O2. The van der Waals surface area contributed by atoms with Gasteiger partial charge in [-0.2, -0.15) is 0 Å². The van der Waals surface area contributed by atoms with Crippen molar-refractivity contribution in [1.29, 1.82) is 0 Å². The molecular weight excluding hydrogens is 296 g/mol. The summed E-state index contributed by atoms with van der Waals surface area (Å²) in [6, 6.07) is 23.9. The van der Waals surface area contributed by atoms with Crippen molar-refractivity contribution < 1.29 is 9.53 Å². The van der Waals surface area contributed by atoms with Gasteiger partial charge in [0.2, 0.25) is 0 Å². The molecule has 3 aromatic rings. The zero-order valence-corrected chi connectivity index (χ0v) is 14.0. The minimum Gasteiger partial charge on any atom is -0.488 e. The van der Waals surface area contributed by atoms with Crippen LogP contribution in [0.1, 0.15) is 28.4 Å². The standard InChI is InChI=1S/C22H20O2/c1-16-12-13-19(17(2)23)14-21(16)20-10-6-7-11-22(20)24-15-18-8-4-3-5-9-18/h3-14H,15H2,1-2H3. The van der Waals surface area contributed by atoms with E-state index in [0.717, 1.165) is 28.0 Å². The summed E-state index contributed by atoms with van der Waals surface area (Å²) in [6.45, 7) is 4.16. The Bertz CT molecular complexity index is 851. The molecule has 0 radical (unpaired) electrons. The lowest BCUT2D eigenvalue weighted by molar-refractivity contribution is 0.101. The molecule has 0 amide bonds. The Kier molecular flexibility index (Phi) is 4.76. The molecule has 0 aliphatic rings. The van der Waals surface area contributed by atoms with Crippen LogP contribution in [0, 0.1) is 6.92 Å². The van der Waals surface area contributed by atoms with E-state index in [1.54, 1.807) is 6.92 Å². The maximum Gasteiger partial charge on any atom is 0.159 e. The van der Waals surface area contributed by atoms with E-state index in [0.29, 0.717) is 12.2 Å². The number of aryl methyl sites for hydroxylation is 1. The van der Waals surface area contributed by atoms with E-state index in [-0.39, 0.29) is 5.78 Å². The summed E-state index contributed by atoms with van der Waals surface area (Å²) in [5.41, 5.74) is 5.01. The molecule has 0 aromatic heterocycles. The molecule has 0 saturated heterocycles. The second-order valence-electron chi connectivity index (χ2n) is 5.86. The zero-order valence-electron chi connectivity index (χ0n) is 14.0. The van der Waals surface area contributed by atoms with Crippen LogP contribution in [-0.2, 0) is 6.61 Å². The Labute approximate surface area is 142 Å². The molecule has 3 aromatic carbocycles. The molecule has 2 nitrogen and oxygen atoms in total. The fourth-order valence-electron chi connectivity index (χ4n) is 2.68. The van der Waals surface area contributed by atoms with Gasteiger partial charge in [-0.3, -0.25) is 4.79 Å². The fourth-order valence-corrected chi connectivity index (χ4v) is 2.68. The van der Waals surface area contributed by atoms with Crippen molar-refractivity contribution in [2.75, 3.05) is 0 Å². The van der Waals surface area contributed by atoms with Gasteiger partial charge in [-0.1, -0.05) is 60.7 Å². The average molecular weight is 316 g/mol. The molecule has 0 N–H and O–H groups in total. The second-order valence-corrected chi connectivity index (χ2v) is 5.86. The van der Waals surface area contributed by atoms with E-state index in [9.17, 15) is 4.79 Å². The minimum atomic E-state index is 0.0685. The predicted molar refractivity (Wildman–Crippen MR) is 97.4 cm³/mol. The van der Waals surface area contributed by atoms with Crippen molar-refractivity contribution >= 4 is 5.78 Å². The Balaban J connectivity index is 1.95. The van der Waals surface area contributed by atoms with E-state index < -0.39 is 0 Å². The molecule has 0 fully saturated rings. The maximum atomic E-state index is 11.7. The average Bonchev–Trinajstić information content (AvgIpc) is 2.61. The normalized spacial score (nSPS) is 10.4. The largest absolute Gasteiger partial charge is 0.488 e. The monoisotopic (exact) mass is 316 g/mol. The molecule has 0 unspecified atom stereocenters. The molecule has 3 rings (SSSR count). The molecule has 0 bridgehead atoms. The van der Waals surface area contributed by atoms with Crippen LogP contribution in [0.2, 0.25) is 0 Å². The Hall–Kier alpha value is -2.87. The lowest BCUT2D eigenvalue weighted by atomic mass is 9.96. The number of carbonyl (C=O) groups excluding carboxylic acids is 1. The number of ketones is 1. The van der Waals surface area contributed by atoms with Gasteiger partial charge in [0.1, 0.15) is 12.4 Å². The molecule has 24 heavy (non-hydrogen) atoms. The number of carbonyl (C=O) groups is 1. The van der Waals surface area contributed by atoms with Gasteiger partial charge < -0.3 is 4.74 Å². The number of Topliss-reactive ketones (excluding diaryl/α,β-unsaturated/α-hetero) is 1. The molecule has 120 valence electrons. The first-order chi connectivity index (χ1) is 11.6. The molecule has 0 atom stereocenters. The van der Waals surface area contributed by atoms with E-state index in [4.69, 9.17) is 4.74 Å². The topological polar surface area (TPSA) is 26.3 Å². The third-order valence-electron chi connectivity index (χ3n) is 4.06. The van der Waals surface area contributed by atoms with Crippen LogP contribution >= 0.6 is 0 Å². The van der Waals surface area contributed by atoms with Crippen LogP contribution in [0.3, 0.4) is 0 Å². The highest BCUT2D eigenvalue weighted by Gasteiger charge is 2.11. The van der Waals surface area contributed by atoms with Gasteiger partial charge in [-0.25, -0.2) is 0 Å². The number of ether oxygens (including phenoxy) is 1. The summed E-state index contributed by atoms with van der Waals surface area (Å²) in [6.07, 6.45) is 0. The van der Waals surface area contributed by atoms with Gasteiger partial charge in [-0.05, 0) is 42.7 Å². The number of benzene rings is 3. The van der Waals surface area contributed by atoms with Gasteiger partial charge in [-0.15, -0.1) is 0 Å². The Morgan fingerprint density at radius 1 is 0.875 bits per heavy atom. The van der Waals surface area contributed by atoms with Crippen LogP contribution in [0.25, 0.3) is 11.1 Å². The number of hydrogen-bond donors (Lipinski definition) is 0. The number of rotatable bonds is 5. The first kappa shape index (κ1) is 16.0. The molecule has 0 aliphatic carbocycles. The van der Waals surface area contributed by atoms with Gasteiger partial charge in [0, 0.05) is 11.1 Å². The second kappa shape index (κ2) is 7.14. The lowest BCUT2D eigenvalue weighted by Crippen LogP contribution is -1.98. The minimum absolute atomic E-state index is 0.0685. The molecule has 0 spiro atoms. The number of para-hydroxylation sites is 1. The summed E-state index contributed by atoms with van der Waals surface area (Å²) in [5.74, 6) is 0.893. The van der Waals surface area contributed by atoms with E-state index in [2.05, 4.69) is 0 Å². The van der Waals surface area contributed by atoms with E-state index >= 15 is 0 Å². The third-order valence-corrected chi connectivity index (χ3v) is 4.06. The van der Waals surface area contributed by atoms with E-state index in [1.807, 2.05) is 79.7 Å². The van der Waals surface area contributed by atoms with Gasteiger partial charge in [0.05, 0.1) is 0 Å². The number of hydrogen-bond acceptors (Lipinski definition) is 2. The summed E-state index contributed by atoms with van der Waals surface area (Å²) in [7, 11) is 0. The van der Waals surface area contributed by atoms with Crippen molar-refractivity contribution in [1.82, 2.24) is 0 Å². The third kappa shape index (κ3) is 3.54. The Morgan fingerprint density at radius 2 is 1.58 bits per heavy atom. The van der Waals surface area contributed by atoms with Crippen molar-refractivity contribution in [3.05, 3.63) is 89.5 Å². The molecule has 2 heteroatoms. The lowest BCUT2D eigenvalue weighted by Gasteiger charge is -2.14. The van der Waals surface area contributed by atoms with Crippen molar-refractivity contribution in [3.63, 3.8) is 0 Å². The first-order valence-electron chi connectivity index (χ1n) is 8.03. The smallest absolute Gasteiger partial charge is 0.159 e. The van der Waals surface area contributed by atoms with Crippen LogP contribution in [-0.4, -0.2) is 5.78 Å². The van der Waals surface area contributed by atoms with Crippen LogP contribution < -0.4 is 4.74 Å². The van der Waals surface area contributed by atoms with Gasteiger partial charge in [0.15, 0.2) is 5.78 Å². The van der Waals surface area contributed by atoms with Crippen LogP contribution in [0.4, 0.5) is 0 Å². The molecule has 0 heterocycles. The van der Waals surface area contributed by atoms with Crippen molar-refractivity contribution in [2.24, 2.45) is 0 Å². The van der Waals surface area contributed by atoms with Gasteiger partial charge in [0.25, 0.3) is 0 Å². The SMILES string of the molecule is CC(=O)c1ccc(C)c(-c2ccccc2OCc2ccccc2)c1. The first-order valence-corrected chi connectivity index (χ1v) is 8.03. The zero-order chi connectivity index (χ0) is 16.9. The van der Waals surface area contributed by atoms with Crippen molar-refractivity contribution in [2.45, 2.75) is 20.5 Å². The van der Waals surface area contributed by atoms with Crippen molar-refractivity contribution in [3.8, 4) is 16.9 Å². The molecule has 0 aliphatic heterocycles. The van der Waals surface area contributed by atoms with Gasteiger partial charge >= 0.3 is 0 Å². The predicted octanol–water partition coefficient (Wildman–Crippen LogP) is 5.44. The maximum absolute atomic E-state index is 11.7. The molecule has 0 saturated carbocycles. The van der Waals surface area contributed by atoms with Crippen LogP contribution in [0.5, 0.6) is 5.75 Å². The summed E-state index contributed by atoms with van der Waals surface area (Å²) in [5, 5.41) is 0. The highest BCUT2D eigenvalue weighted by Crippen LogP contribution is 2.33.